The summed E-state index contributed by atoms with van der Waals surface area (Å²) in [6, 6.07) is 22.3. The summed E-state index contributed by atoms with van der Waals surface area (Å²) < 4.78 is 16.6. The Hall–Kier alpha value is -4.72. The number of nitro benzene ring substituents is 1. The first kappa shape index (κ1) is 19.0. The lowest BCUT2D eigenvalue weighted by molar-refractivity contribution is -0.385. The highest BCUT2D eigenvalue weighted by Crippen LogP contribution is 2.37. The number of ether oxygens (including phenoxy) is 2. The average molecular weight is 437 g/mol. The van der Waals surface area contributed by atoms with Gasteiger partial charge in [0.1, 0.15) is 5.52 Å². The molecular weight excluding hydrogens is 422 g/mol. The molecule has 1 aromatic heterocycles. The lowest BCUT2D eigenvalue weighted by Crippen LogP contribution is -1.94. The van der Waals surface area contributed by atoms with Gasteiger partial charge in [-0.3, -0.25) is 15.1 Å². The van der Waals surface area contributed by atoms with Crippen LogP contribution >= 0.6 is 0 Å². The standard InChI is InChI=1S/C25H15N3O5/c29-28(30)21-12-24-23(31-14-32-24)10-16(21)13-26-17-8-9-20-22(11-17)33-25(27-20)19-7-3-5-15-4-1-2-6-18(15)19/h1-13H,14H2. The van der Waals surface area contributed by atoms with Crippen molar-refractivity contribution in [3.8, 4) is 23.0 Å². The third-order valence-corrected chi connectivity index (χ3v) is 5.46. The largest absolute Gasteiger partial charge is 0.454 e. The molecule has 0 saturated heterocycles. The van der Waals surface area contributed by atoms with E-state index in [1.165, 1.54) is 12.3 Å². The molecule has 160 valence electrons. The molecule has 0 atom stereocenters. The molecule has 1 aliphatic rings. The van der Waals surface area contributed by atoms with Gasteiger partial charge in [0.15, 0.2) is 17.1 Å². The smallest absolute Gasteiger partial charge is 0.282 e. The third-order valence-electron chi connectivity index (χ3n) is 5.46. The molecule has 0 amide bonds. The van der Waals surface area contributed by atoms with Gasteiger partial charge in [0.05, 0.1) is 22.2 Å². The van der Waals surface area contributed by atoms with E-state index in [-0.39, 0.29) is 12.5 Å². The van der Waals surface area contributed by atoms with Crippen LogP contribution in [0.5, 0.6) is 11.5 Å². The quantitative estimate of drug-likeness (QED) is 0.193. The van der Waals surface area contributed by atoms with Gasteiger partial charge >= 0.3 is 0 Å². The van der Waals surface area contributed by atoms with Gasteiger partial charge in [-0.05, 0) is 35.0 Å². The first-order valence-corrected chi connectivity index (χ1v) is 10.2. The summed E-state index contributed by atoms with van der Waals surface area (Å²) in [6.07, 6.45) is 1.43. The van der Waals surface area contributed by atoms with Crippen molar-refractivity contribution < 1.29 is 18.8 Å². The van der Waals surface area contributed by atoms with Crippen LogP contribution in [0.1, 0.15) is 5.56 Å². The Morgan fingerprint density at radius 3 is 2.67 bits per heavy atom. The number of rotatable bonds is 4. The SMILES string of the molecule is O=[N+]([O-])c1cc2c(cc1C=Nc1ccc3nc(-c4cccc5ccccc45)oc3c1)OCO2. The van der Waals surface area contributed by atoms with Gasteiger partial charge in [-0.15, -0.1) is 0 Å². The van der Waals surface area contributed by atoms with Crippen LogP contribution in [0.15, 0.2) is 82.2 Å². The number of hydrogen-bond acceptors (Lipinski definition) is 7. The molecule has 0 saturated carbocycles. The predicted octanol–water partition coefficient (Wildman–Crippen LogP) is 6.04. The molecule has 0 spiro atoms. The zero-order valence-electron chi connectivity index (χ0n) is 17.1. The van der Waals surface area contributed by atoms with E-state index in [9.17, 15) is 10.1 Å². The highest BCUT2D eigenvalue weighted by Gasteiger charge is 2.22. The summed E-state index contributed by atoms with van der Waals surface area (Å²) in [5, 5.41) is 13.6. The van der Waals surface area contributed by atoms with Crippen LogP contribution in [0.3, 0.4) is 0 Å². The summed E-state index contributed by atoms with van der Waals surface area (Å²) in [6.45, 7) is 0.0360. The Kier molecular flexibility index (Phi) is 4.29. The second-order valence-corrected chi connectivity index (χ2v) is 7.48. The second-order valence-electron chi connectivity index (χ2n) is 7.48. The van der Waals surface area contributed by atoms with Crippen molar-refractivity contribution in [1.29, 1.82) is 0 Å². The fourth-order valence-corrected chi connectivity index (χ4v) is 3.87. The molecule has 4 aromatic carbocycles. The third kappa shape index (κ3) is 3.34. The summed E-state index contributed by atoms with van der Waals surface area (Å²) in [5.41, 5.74) is 2.97. The molecule has 0 unspecified atom stereocenters. The first-order valence-electron chi connectivity index (χ1n) is 10.2. The molecule has 2 heterocycles. The number of benzene rings is 4. The minimum atomic E-state index is -0.473. The molecule has 0 bridgehead atoms. The highest BCUT2D eigenvalue weighted by molar-refractivity contribution is 5.96. The molecule has 8 heteroatoms. The number of aliphatic imine (C=N–C) groups is 1. The van der Waals surface area contributed by atoms with Crippen LogP contribution in [0.2, 0.25) is 0 Å². The minimum Gasteiger partial charge on any atom is -0.454 e. The zero-order chi connectivity index (χ0) is 22.4. The van der Waals surface area contributed by atoms with Gasteiger partial charge in [-0.2, -0.15) is 0 Å². The van der Waals surface area contributed by atoms with Crippen molar-refractivity contribution >= 4 is 39.5 Å². The van der Waals surface area contributed by atoms with Crippen molar-refractivity contribution in [3.63, 3.8) is 0 Å². The molecule has 8 nitrogen and oxygen atoms in total. The Bertz CT molecular complexity index is 1580. The van der Waals surface area contributed by atoms with Crippen molar-refractivity contribution in [2.45, 2.75) is 0 Å². The van der Waals surface area contributed by atoms with E-state index in [1.807, 2.05) is 48.5 Å². The van der Waals surface area contributed by atoms with E-state index in [0.29, 0.717) is 39.7 Å². The lowest BCUT2D eigenvalue weighted by atomic mass is 10.0. The number of hydrogen-bond donors (Lipinski definition) is 0. The number of aromatic nitrogens is 1. The number of oxazole rings is 1. The Balaban J connectivity index is 1.37. The Morgan fingerprint density at radius 1 is 0.970 bits per heavy atom. The fraction of sp³-hybridized carbons (Fsp3) is 0.0400. The maximum atomic E-state index is 11.5. The molecule has 0 aliphatic carbocycles. The molecule has 33 heavy (non-hydrogen) atoms. The van der Waals surface area contributed by atoms with E-state index in [1.54, 1.807) is 18.2 Å². The maximum absolute atomic E-state index is 11.5. The van der Waals surface area contributed by atoms with Gasteiger partial charge in [0, 0.05) is 17.8 Å². The van der Waals surface area contributed by atoms with Crippen molar-refractivity contribution in [2.24, 2.45) is 4.99 Å². The summed E-state index contributed by atoms with van der Waals surface area (Å²) in [4.78, 5) is 20.0. The van der Waals surface area contributed by atoms with Crippen molar-refractivity contribution in [2.75, 3.05) is 6.79 Å². The van der Waals surface area contributed by atoms with Crippen LogP contribution in [0, 0.1) is 10.1 Å². The van der Waals surface area contributed by atoms with Gasteiger partial charge in [0.25, 0.3) is 5.69 Å². The van der Waals surface area contributed by atoms with E-state index < -0.39 is 4.92 Å². The van der Waals surface area contributed by atoms with Crippen molar-refractivity contribution in [3.05, 3.63) is 88.5 Å². The van der Waals surface area contributed by atoms with Crippen molar-refractivity contribution in [1.82, 2.24) is 4.98 Å². The summed E-state index contributed by atoms with van der Waals surface area (Å²) >= 11 is 0. The Morgan fingerprint density at radius 2 is 1.79 bits per heavy atom. The van der Waals surface area contributed by atoms with E-state index >= 15 is 0 Å². The number of fused-ring (bicyclic) bond motifs is 3. The van der Waals surface area contributed by atoms with E-state index in [0.717, 1.165) is 16.3 Å². The fourth-order valence-electron chi connectivity index (χ4n) is 3.87. The molecule has 0 N–H and O–H groups in total. The minimum absolute atomic E-state index is 0.0360. The number of nitro groups is 1. The highest BCUT2D eigenvalue weighted by atomic mass is 16.7. The van der Waals surface area contributed by atoms with Gasteiger partial charge in [0.2, 0.25) is 12.7 Å². The first-order chi connectivity index (χ1) is 16.2. The molecule has 6 rings (SSSR count). The molecule has 0 fully saturated rings. The average Bonchev–Trinajstić information content (AvgIpc) is 3.47. The van der Waals surface area contributed by atoms with Crippen LogP contribution in [0.4, 0.5) is 11.4 Å². The summed E-state index contributed by atoms with van der Waals surface area (Å²) in [7, 11) is 0. The van der Waals surface area contributed by atoms with Crippen LogP contribution < -0.4 is 9.47 Å². The monoisotopic (exact) mass is 437 g/mol. The summed E-state index contributed by atoms with van der Waals surface area (Å²) in [5.74, 6) is 1.32. The molecule has 1 aliphatic heterocycles. The van der Waals surface area contributed by atoms with E-state index in [4.69, 9.17) is 13.9 Å². The molecular formula is C25H15N3O5. The van der Waals surface area contributed by atoms with Crippen LogP contribution in [-0.2, 0) is 0 Å². The second kappa shape index (κ2) is 7.45. The molecule has 0 radical (unpaired) electrons. The van der Waals surface area contributed by atoms with Crippen LogP contribution in [0.25, 0.3) is 33.3 Å². The van der Waals surface area contributed by atoms with Gasteiger partial charge in [-0.25, -0.2) is 4.98 Å². The Labute approximate surface area is 186 Å². The normalized spacial score (nSPS) is 12.7. The topological polar surface area (TPSA) is 100.0 Å². The molecule has 5 aromatic rings. The van der Waals surface area contributed by atoms with E-state index in [2.05, 4.69) is 9.98 Å². The number of nitrogens with zero attached hydrogens (tertiary/aromatic N) is 3. The maximum Gasteiger partial charge on any atom is 0.282 e. The lowest BCUT2D eigenvalue weighted by Gasteiger charge is -2.02. The zero-order valence-corrected chi connectivity index (χ0v) is 17.1. The predicted molar refractivity (Wildman–Crippen MR) is 123 cm³/mol. The van der Waals surface area contributed by atoms with Gasteiger partial charge < -0.3 is 13.9 Å². The van der Waals surface area contributed by atoms with Crippen LogP contribution in [-0.4, -0.2) is 22.9 Å². The van der Waals surface area contributed by atoms with Gasteiger partial charge in [-0.1, -0.05) is 36.4 Å².